The Morgan fingerprint density at radius 3 is 2.50 bits per heavy atom. The van der Waals surface area contributed by atoms with Crippen molar-refractivity contribution in [2.75, 3.05) is 26.2 Å². The number of nitrogens with zero attached hydrogens (tertiary/aromatic N) is 2. The van der Waals surface area contributed by atoms with Crippen LogP contribution in [0.4, 0.5) is 0 Å². The molecule has 1 N–H and O–H groups in total. The monoisotopic (exact) mass is 302 g/mol. The fraction of sp³-hybridized carbons (Fsp3) is 0.611. The van der Waals surface area contributed by atoms with Gasteiger partial charge in [-0.1, -0.05) is 36.8 Å². The average Bonchev–Trinajstić information content (AvgIpc) is 2.56. The first kappa shape index (κ1) is 15.5. The van der Waals surface area contributed by atoms with Crippen LogP contribution in [0.25, 0.3) is 0 Å². The van der Waals surface area contributed by atoms with Gasteiger partial charge >= 0.3 is 5.97 Å². The number of carboxylic acid groups (broad SMARTS) is 1. The first-order chi connectivity index (χ1) is 10.7. The lowest BCUT2D eigenvalue weighted by Crippen LogP contribution is -2.51. The van der Waals surface area contributed by atoms with E-state index < -0.39 is 5.97 Å². The van der Waals surface area contributed by atoms with Crippen LogP contribution in [-0.4, -0.2) is 53.1 Å². The molecule has 1 aliphatic heterocycles. The SMILES string of the molecule is O=C(O)C1CCC[C@H](N2CCN(Cc3ccccc3)CC2)C1. The van der Waals surface area contributed by atoms with Crippen molar-refractivity contribution >= 4 is 5.97 Å². The minimum absolute atomic E-state index is 0.124. The fourth-order valence-corrected chi connectivity index (χ4v) is 3.85. The molecule has 1 saturated carbocycles. The summed E-state index contributed by atoms with van der Waals surface area (Å²) in [5.74, 6) is -0.728. The zero-order valence-electron chi connectivity index (χ0n) is 13.2. The molecule has 4 heteroatoms. The van der Waals surface area contributed by atoms with Crippen LogP contribution in [0.3, 0.4) is 0 Å². The summed E-state index contributed by atoms with van der Waals surface area (Å²) in [4.78, 5) is 16.2. The van der Waals surface area contributed by atoms with Crippen molar-refractivity contribution in [3.63, 3.8) is 0 Å². The summed E-state index contributed by atoms with van der Waals surface area (Å²) in [7, 11) is 0. The molecule has 3 rings (SSSR count). The van der Waals surface area contributed by atoms with E-state index in [1.807, 2.05) is 0 Å². The Hall–Kier alpha value is -1.39. The van der Waals surface area contributed by atoms with Gasteiger partial charge in [0.1, 0.15) is 0 Å². The van der Waals surface area contributed by atoms with Crippen LogP contribution in [0, 0.1) is 5.92 Å². The zero-order valence-corrected chi connectivity index (χ0v) is 13.2. The number of rotatable bonds is 4. The predicted octanol–water partition coefficient (Wildman–Crippen LogP) is 2.45. The van der Waals surface area contributed by atoms with E-state index in [0.717, 1.165) is 52.0 Å². The smallest absolute Gasteiger partial charge is 0.306 e. The lowest BCUT2D eigenvalue weighted by molar-refractivity contribution is -0.143. The summed E-state index contributed by atoms with van der Waals surface area (Å²) in [5.41, 5.74) is 1.37. The molecule has 1 aromatic rings. The molecule has 0 spiro atoms. The standard InChI is InChI=1S/C18H26N2O2/c21-18(22)16-7-4-8-17(13-16)20-11-9-19(10-12-20)14-15-5-2-1-3-6-15/h1-3,5-6,16-17H,4,7-14H2,(H,21,22)/t16?,17-/m0/s1. The Labute approximate surface area is 132 Å². The largest absolute Gasteiger partial charge is 0.481 e. The Balaban J connectivity index is 1.48. The highest BCUT2D eigenvalue weighted by atomic mass is 16.4. The Morgan fingerprint density at radius 2 is 1.82 bits per heavy atom. The molecule has 22 heavy (non-hydrogen) atoms. The third-order valence-corrected chi connectivity index (χ3v) is 5.17. The van der Waals surface area contributed by atoms with Crippen molar-refractivity contribution in [3.05, 3.63) is 35.9 Å². The quantitative estimate of drug-likeness (QED) is 0.928. The summed E-state index contributed by atoms with van der Waals surface area (Å²) in [6.07, 6.45) is 3.93. The van der Waals surface area contributed by atoms with Gasteiger partial charge in [-0.05, 0) is 24.8 Å². The summed E-state index contributed by atoms with van der Waals surface area (Å²) >= 11 is 0. The van der Waals surface area contributed by atoms with Gasteiger partial charge in [-0.2, -0.15) is 0 Å². The van der Waals surface area contributed by atoms with E-state index in [1.165, 1.54) is 12.0 Å². The molecule has 0 radical (unpaired) electrons. The maximum absolute atomic E-state index is 11.2. The zero-order chi connectivity index (χ0) is 15.4. The molecule has 0 bridgehead atoms. The van der Waals surface area contributed by atoms with E-state index in [4.69, 9.17) is 0 Å². The molecule has 1 aromatic carbocycles. The number of hydrogen-bond donors (Lipinski definition) is 1. The minimum atomic E-state index is -0.604. The van der Waals surface area contributed by atoms with E-state index in [1.54, 1.807) is 0 Å². The van der Waals surface area contributed by atoms with Crippen molar-refractivity contribution in [1.82, 2.24) is 9.80 Å². The van der Waals surface area contributed by atoms with E-state index >= 15 is 0 Å². The third kappa shape index (κ3) is 3.87. The molecule has 4 nitrogen and oxygen atoms in total. The van der Waals surface area contributed by atoms with Crippen molar-refractivity contribution in [1.29, 1.82) is 0 Å². The lowest BCUT2D eigenvalue weighted by atomic mass is 9.85. The highest BCUT2D eigenvalue weighted by molar-refractivity contribution is 5.70. The first-order valence-corrected chi connectivity index (χ1v) is 8.45. The summed E-state index contributed by atoms with van der Waals surface area (Å²) in [5, 5.41) is 9.23. The number of hydrogen-bond acceptors (Lipinski definition) is 3. The summed E-state index contributed by atoms with van der Waals surface area (Å²) in [6.45, 7) is 5.34. The normalized spacial score (nSPS) is 27.6. The van der Waals surface area contributed by atoms with Gasteiger partial charge in [0, 0.05) is 38.8 Å². The number of aliphatic carboxylic acids is 1. The number of piperazine rings is 1. The van der Waals surface area contributed by atoms with Crippen molar-refractivity contribution in [3.8, 4) is 0 Å². The molecule has 1 saturated heterocycles. The molecule has 2 fully saturated rings. The highest BCUT2D eigenvalue weighted by Crippen LogP contribution is 2.28. The first-order valence-electron chi connectivity index (χ1n) is 8.45. The molecule has 0 amide bonds. The Kier molecular flexibility index (Phi) is 5.11. The van der Waals surface area contributed by atoms with E-state index in [0.29, 0.717) is 6.04 Å². The fourth-order valence-electron chi connectivity index (χ4n) is 3.85. The Bertz CT molecular complexity index is 483. The number of carboxylic acids is 1. The molecule has 1 aliphatic carbocycles. The van der Waals surface area contributed by atoms with Crippen molar-refractivity contribution in [2.45, 2.75) is 38.3 Å². The van der Waals surface area contributed by atoms with Crippen molar-refractivity contribution < 1.29 is 9.90 Å². The maximum atomic E-state index is 11.2. The van der Waals surface area contributed by atoms with Crippen LogP contribution in [-0.2, 0) is 11.3 Å². The topological polar surface area (TPSA) is 43.8 Å². The van der Waals surface area contributed by atoms with Gasteiger partial charge in [0.25, 0.3) is 0 Å². The van der Waals surface area contributed by atoms with Gasteiger partial charge in [-0.25, -0.2) is 0 Å². The molecular weight excluding hydrogens is 276 g/mol. The van der Waals surface area contributed by atoms with Gasteiger partial charge in [-0.15, -0.1) is 0 Å². The van der Waals surface area contributed by atoms with Gasteiger partial charge in [-0.3, -0.25) is 14.6 Å². The second-order valence-corrected chi connectivity index (χ2v) is 6.65. The van der Waals surface area contributed by atoms with Crippen LogP contribution < -0.4 is 0 Å². The van der Waals surface area contributed by atoms with Gasteiger partial charge < -0.3 is 5.11 Å². The van der Waals surface area contributed by atoms with Gasteiger partial charge in [0.05, 0.1) is 5.92 Å². The lowest BCUT2D eigenvalue weighted by Gasteiger charge is -2.41. The molecular formula is C18H26N2O2. The van der Waals surface area contributed by atoms with E-state index in [-0.39, 0.29) is 5.92 Å². The maximum Gasteiger partial charge on any atom is 0.306 e. The van der Waals surface area contributed by atoms with Crippen LogP contribution in [0.2, 0.25) is 0 Å². The van der Waals surface area contributed by atoms with Crippen LogP contribution in [0.5, 0.6) is 0 Å². The van der Waals surface area contributed by atoms with Crippen LogP contribution >= 0.6 is 0 Å². The van der Waals surface area contributed by atoms with Crippen LogP contribution in [0.15, 0.2) is 30.3 Å². The second kappa shape index (κ2) is 7.25. The van der Waals surface area contributed by atoms with Gasteiger partial charge in [0.15, 0.2) is 0 Å². The molecule has 1 heterocycles. The number of carbonyl (C=O) groups is 1. The molecule has 120 valence electrons. The predicted molar refractivity (Wildman–Crippen MR) is 86.7 cm³/mol. The summed E-state index contributed by atoms with van der Waals surface area (Å²) < 4.78 is 0. The molecule has 2 atom stereocenters. The van der Waals surface area contributed by atoms with Crippen LogP contribution in [0.1, 0.15) is 31.2 Å². The second-order valence-electron chi connectivity index (χ2n) is 6.65. The molecule has 2 aliphatic rings. The average molecular weight is 302 g/mol. The molecule has 1 unspecified atom stereocenters. The third-order valence-electron chi connectivity index (χ3n) is 5.17. The highest BCUT2D eigenvalue weighted by Gasteiger charge is 2.31. The van der Waals surface area contributed by atoms with Gasteiger partial charge in [0.2, 0.25) is 0 Å². The van der Waals surface area contributed by atoms with Crippen molar-refractivity contribution in [2.24, 2.45) is 5.92 Å². The Morgan fingerprint density at radius 1 is 1.09 bits per heavy atom. The summed E-state index contributed by atoms with van der Waals surface area (Å²) in [6, 6.07) is 11.1. The van der Waals surface area contributed by atoms with E-state index in [2.05, 4.69) is 40.1 Å². The number of benzene rings is 1. The molecule has 0 aromatic heterocycles. The minimum Gasteiger partial charge on any atom is -0.481 e. The van der Waals surface area contributed by atoms with E-state index in [9.17, 15) is 9.90 Å².